The monoisotopic (exact) mass is 387 g/mol. The van der Waals surface area contributed by atoms with Gasteiger partial charge in [0.25, 0.3) is 5.91 Å². The van der Waals surface area contributed by atoms with E-state index in [-0.39, 0.29) is 12.3 Å². The molecule has 0 saturated heterocycles. The Morgan fingerprint density at radius 2 is 1.54 bits per heavy atom. The lowest BCUT2D eigenvalue weighted by molar-refractivity contribution is -0.136. The minimum absolute atomic E-state index is 0.115. The van der Waals surface area contributed by atoms with Gasteiger partial charge in [-0.25, -0.2) is 0 Å². The zero-order chi connectivity index (χ0) is 20.5. The molecule has 0 radical (unpaired) electrons. The van der Waals surface area contributed by atoms with Crippen molar-refractivity contribution in [3.05, 3.63) is 47.5 Å². The molecule has 150 valence electrons. The smallest absolute Gasteiger partial charge is 0.307 e. The number of carboxylic acid groups (broad SMARTS) is 1. The van der Waals surface area contributed by atoms with Gasteiger partial charge in [0.15, 0.2) is 11.5 Å². The summed E-state index contributed by atoms with van der Waals surface area (Å²) in [6.07, 6.45) is -0.115. The molecular formula is C21H25NO6. The molecule has 0 unspecified atom stereocenters. The van der Waals surface area contributed by atoms with Crippen LogP contribution in [-0.4, -0.2) is 36.8 Å². The first-order chi connectivity index (χ1) is 13.5. The average molecular weight is 387 g/mol. The van der Waals surface area contributed by atoms with E-state index in [4.69, 9.17) is 19.3 Å². The van der Waals surface area contributed by atoms with Gasteiger partial charge < -0.3 is 24.6 Å². The van der Waals surface area contributed by atoms with Crippen molar-refractivity contribution in [2.24, 2.45) is 0 Å². The van der Waals surface area contributed by atoms with Crippen LogP contribution < -0.4 is 19.5 Å². The summed E-state index contributed by atoms with van der Waals surface area (Å²) in [6, 6.07) is 9.93. The predicted octanol–water partition coefficient (Wildman–Crippen LogP) is 3.76. The van der Waals surface area contributed by atoms with Crippen LogP contribution in [0.25, 0.3) is 0 Å². The van der Waals surface area contributed by atoms with Crippen molar-refractivity contribution in [1.82, 2.24) is 0 Å². The van der Waals surface area contributed by atoms with Crippen LogP contribution in [-0.2, 0) is 11.2 Å². The minimum atomic E-state index is -0.933. The summed E-state index contributed by atoms with van der Waals surface area (Å²) in [5.41, 5.74) is 1.45. The second-order valence-electron chi connectivity index (χ2n) is 5.83. The maximum absolute atomic E-state index is 12.8. The number of anilines is 1. The second kappa shape index (κ2) is 10.2. The van der Waals surface area contributed by atoms with Crippen LogP contribution in [0.15, 0.2) is 36.4 Å². The fourth-order valence-corrected chi connectivity index (χ4v) is 2.66. The molecule has 0 aliphatic heterocycles. The first-order valence-corrected chi connectivity index (χ1v) is 9.16. The van der Waals surface area contributed by atoms with E-state index in [0.29, 0.717) is 53.9 Å². The Morgan fingerprint density at radius 1 is 0.929 bits per heavy atom. The van der Waals surface area contributed by atoms with Gasteiger partial charge in [-0.3, -0.25) is 9.59 Å². The highest BCUT2D eigenvalue weighted by Gasteiger charge is 2.18. The molecule has 0 heterocycles. The molecule has 0 aromatic heterocycles. The summed E-state index contributed by atoms with van der Waals surface area (Å²) in [6.45, 7) is 6.80. The number of hydrogen-bond acceptors (Lipinski definition) is 5. The zero-order valence-corrected chi connectivity index (χ0v) is 16.3. The lowest BCUT2D eigenvalue weighted by Crippen LogP contribution is -2.13. The van der Waals surface area contributed by atoms with Crippen molar-refractivity contribution < 1.29 is 28.9 Å². The number of amides is 1. The van der Waals surface area contributed by atoms with Gasteiger partial charge in [-0.1, -0.05) is 12.1 Å². The molecule has 7 nitrogen and oxygen atoms in total. The van der Waals surface area contributed by atoms with Crippen LogP contribution in [0.3, 0.4) is 0 Å². The molecule has 0 aliphatic rings. The number of benzene rings is 2. The number of aliphatic carboxylic acids is 1. The van der Waals surface area contributed by atoms with Crippen LogP contribution >= 0.6 is 0 Å². The maximum Gasteiger partial charge on any atom is 0.307 e. The fraction of sp³-hybridized carbons (Fsp3) is 0.333. The Balaban J connectivity index is 2.32. The summed E-state index contributed by atoms with van der Waals surface area (Å²) in [4.78, 5) is 23.6. The molecule has 1 amide bonds. The SMILES string of the molecule is CCOc1cc(C(=O)Nc2cccc(CC(=O)O)c2)cc(OCC)c1OCC. The largest absolute Gasteiger partial charge is 0.490 e. The van der Waals surface area contributed by atoms with E-state index in [9.17, 15) is 9.59 Å². The van der Waals surface area contributed by atoms with Crippen molar-refractivity contribution in [2.45, 2.75) is 27.2 Å². The Morgan fingerprint density at radius 3 is 2.07 bits per heavy atom. The molecule has 0 atom stereocenters. The quantitative estimate of drug-likeness (QED) is 0.645. The molecule has 0 aliphatic carbocycles. The molecule has 0 bridgehead atoms. The third-order valence-electron chi connectivity index (χ3n) is 3.71. The number of carbonyl (C=O) groups excluding carboxylic acids is 1. The number of carbonyl (C=O) groups is 2. The van der Waals surface area contributed by atoms with Crippen LogP contribution in [0.1, 0.15) is 36.7 Å². The van der Waals surface area contributed by atoms with E-state index in [1.54, 1.807) is 36.4 Å². The van der Waals surface area contributed by atoms with Crippen LogP contribution in [0.2, 0.25) is 0 Å². The third kappa shape index (κ3) is 5.64. The summed E-state index contributed by atoms with van der Waals surface area (Å²) < 4.78 is 16.9. The van der Waals surface area contributed by atoms with Crippen LogP contribution in [0, 0.1) is 0 Å². The summed E-state index contributed by atoms with van der Waals surface area (Å²) >= 11 is 0. The summed E-state index contributed by atoms with van der Waals surface area (Å²) in [5, 5.41) is 11.7. The molecule has 0 saturated carbocycles. The van der Waals surface area contributed by atoms with Gasteiger partial charge in [0.2, 0.25) is 5.75 Å². The van der Waals surface area contributed by atoms with Crippen molar-refractivity contribution in [3.63, 3.8) is 0 Å². The highest BCUT2D eigenvalue weighted by atomic mass is 16.5. The number of hydrogen-bond donors (Lipinski definition) is 2. The van der Waals surface area contributed by atoms with Gasteiger partial charge in [-0.15, -0.1) is 0 Å². The van der Waals surface area contributed by atoms with Gasteiger partial charge in [0.05, 0.1) is 26.2 Å². The van der Waals surface area contributed by atoms with E-state index in [0.717, 1.165) is 0 Å². The molecule has 28 heavy (non-hydrogen) atoms. The Labute approximate surface area is 164 Å². The second-order valence-corrected chi connectivity index (χ2v) is 5.83. The highest BCUT2D eigenvalue weighted by Crippen LogP contribution is 2.39. The normalized spacial score (nSPS) is 10.2. The molecule has 2 aromatic carbocycles. The van der Waals surface area contributed by atoms with E-state index in [1.807, 2.05) is 20.8 Å². The molecular weight excluding hydrogens is 362 g/mol. The first-order valence-electron chi connectivity index (χ1n) is 9.16. The van der Waals surface area contributed by atoms with E-state index < -0.39 is 5.97 Å². The van der Waals surface area contributed by atoms with Crippen LogP contribution in [0.5, 0.6) is 17.2 Å². The standard InChI is InChI=1S/C21H25NO6/c1-4-26-17-12-15(13-18(27-5-2)20(17)28-6-3)21(25)22-16-9-7-8-14(10-16)11-19(23)24/h7-10,12-13H,4-6,11H2,1-3H3,(H,22,25)(H,23,24). The molecule has 7 heteroatoms. The van der Waals surface area contributed by atoms with E-state index in [1.165, 1.54) is 0 Å². The van der Waals surface area contributed by atoms with Crippen molar-refractivity contribution in [1.29, 1.82) is 0 Å². The number of rotatable bonds is 10. The molecule has 0 spiro atoms. The van der Waals surface area contributed by atoms with E-state index >= 15 is 0 Å². The lowest BCUT2D eigenvalue weighted by Gasteiger charge is -2.17. The number of nitrogens with one attached hydrogen (secondary N) is 1. The molecule has 2 N–H and O–H groups in total. The Kier molecular flexibility index (Phi) is 7.68. The number of carboxylic acids is 1. The summed E-state index contributed by atoms with van der Waals surface area (Å²) in [5.74, 6) is 0.0292. The first kappa shape index (κ1) is 21.1. The van der Waals surface area contributed by atoms with Gasteiger partial charge >= 0.3 is 5.97 Å². The number of ether oxygens (including phenoxy) is 3. The maximum atomic E-state index is 12.8. The predicted molar refractivity (Wildman–Crippen MR) is 106 cm³/mol. The fourth-order valence-electron chi connectivity index (χ4n) is 2.66. The van der Waals surface area contributed by atoms with Crippen molar-refractivity contribution >= 4 is 17.6 Å². The Hall–Kier alpha value is -3.22. The molecule has 2 aromatic rings. The average Bonchev–Trinajstić information content (AvgIpc) is 2.64. The molecule has 0 fully saturated rings. The van der Waals surface area contributed by atoms with Gasteiger partial charge in [0, 0.05) is 11.3 Å². The Bertz CT molecular complexity index is 806. The van der Waals surface area contributed by atoms with Gasteiger partial charge in [-0.05, 0) is 50.6 Å². The van der Waals surface area contributed by atoms with Crippen molar-refractivity contribution in [3.8, 4) is 17.2 Å². The van der Waals surface area contributed by atoms with E-state index in [2.05, 4.69) is 5.32 Å². The van der Waals surface area contributed by atoms with Crippen molar-refractivity contribution in [2.75, 3.05) is 25.1 Å². The third-order valence-corrected chi connectivity index (χ3v) is 3.71. The lowest BCUT2D eigenvalue weighted by atomic mass is 10.1. The topological polar surface area (TPSA) is 94.1 Å². The molecule has 2 rings (SSSR count). The van der Waals surface area contributed by atoms with Crippen LogP contribution in [0.4, 0.5) is 5.69 Å². The van der Waals surface area contributed by atoms with Gasteiger partial charge in [-0.2, -0.15) is 0 Å². The highest BCUT2D eigenvalue weighted by molar-refractivity contribution is 6.05. The summed E-state index contributed by atoms with van der Waals surface area (Å²) in [7, 11) is 0. The minimum Gasteiger partial charge on any atom is -0.490 e. The van der Waals surface area contributed by atoms with Gasteiger partial charge in [0.1, 0.15) is 0 Å². The zero-order valence-electron chi connectivity index (χ0n) is 16.3.